The highest BCUT2D eigenvalue weighted by Crippen LogP contribution is 2.26. The maximum absolute atomic E-state index is 12.2. The molecule has 0 aliphatic carbocycles. The maximum Gasteiger partial charge on any atom is 0.226 e. The van der Waals surface area contributed by atoms with Gasteiger partial charge in [0, 0.05) is 39.0 Å². The molecule has 0 bridgehead atoms. The molecule has 3 rings (SSSR count). The number of allylic oxidation sites excluding steroid dienone is 5. The van der Waals surface area contributed by atoms with E-state index in [2.05, 4.69) is 26.4 Å². The Balaban J connectivity index is 1.94. The summed E-state index contributed by atoms with van der Waals surface area (Å²) in [4.78, 5) is 34.5. The van der Waals surface area contributed by atoms with E-state index in [0.717, 1.165) is 18.9 Å². The topological polar surface area (TPSA) is 88.7 Å². The van der Waals surface area contributed by atoms with E-state index in [1.165, 1.54) is 18.4 Å². The van der Waals surface area contributed by atoms with Crippen LogP contribution in [0.3, 0.4) is 0 Å². The van der Waals surface area contributed by atoms with E-state index < -0.39 is 0 Å². The standard InChI is InChI=1S/C24H30ClN7O2/c1-6-9-18(33)17(8-3)15-26-19(10-7-2)30(4)16-20-27-21-22(31(20)5)28-24(25)29-23(21)32-11-13-34-14-12-32/h6-10,15H,3,11-14,16H2,1-2,4-5H3/b9-6+,10-7+,17-15+,26-19+. The molecule has 1 saturated heterocycles. The van der Waals surface area contributed by atoms with Gasteiger partial charge in [0.2, 0.25) is 5.28 Å². The molecular formula is C24H30ClN7O2. The zero-order chi connectivity index (χ0) is 24.7. The Morgan fingerprint density at radius 1 is 1.21 bits per heavy atom. The maximum atomic E-state index is 12.2. The summed E-state index contributed by atoms with van der Waals surface area (Å²) in [5, 5.41) is 0.181. The van der Waals surface area contributed by atoms with E-state index >= 15 is 0 Å². The van der Waals surface area contributed by atoms with Crippen molar-refractivity contribution >= 4 is 40.2 Å². The van der Waals surface area contributed by atoms with Crippen LogP contribution in [-0.2, 0) is 23.1 Å². The van der Waals surface area contributed by atoms with Crippen LogP contribution in [0.15, 0.2) is 53.7 Å². The highest BCUT2D eigenvalue weighted by molar-refractivity contribution is 6.28. The minimum atomic E-state index is -0.148. The molecule has 1 aliphatic rings. The van der Waals surface area contributed by atoms with Crippen molar-refractivity contribution in [1.29, 1.82) is 0 Å². The van der Waals surface area contributed by atoms with Crippen molar-refractivity contribution in [2.24, 2.45) is 12.0 Å². The second-order valence-corrected chi connectivity index (χ2v) is 8.01. The Morgan fingerprint density at radius 3 is 2.56 bits per heavy atom. The molecule has 34 heavy (non-hydrogen) atoms. The van der Waals surface area contributed by atoms with E-state index in [9.17, 15) is 4.79 Å². The summed E-state index contributed by atoms with van der Waals surface area (Å²) in [6.07, 6.45) is 9.96. The minimum absolute atomic E-state index is 0.148. The Morgan fingerprint density at radius 2 is 1.91 bits per heavy atom. The number of ether oxygens (including phenoxy) is 1. The molecule has 0 atom stereocenters. The number of carbonyl (C=O) groups excluding carboxylic acids is 1. The van der Waals surface area contributed by atoms with Crippen molar-refractivity contribution in [1.82, 2.24) is 24.4 Å². The summed E-state index contributed by atoms with van der Waals surface area (Å²) in [6, 6.07) is 0. The third-order valence-electron chi connectivity index (χ3n) is 5.32. The minimum Gasteiger partial charge on any atom is -0.378 e. The van der Waals surface area contributed by atoms with Gasteiger partial charge in [-0.15, -0.1) is 0 Å². The van der Waals surface area contributed by atoms with Crippen LogP contribution < -0.4 is 4.90 Å². The molecule has 0 saturated carbocycles. The first-order chi connectivity index (χ1) is 16.4. The van der Waals surface area contributed by atoms with Gasteiger partial charge < -0.3 is 19.1 Å². The molecular weight excluding hydrogens is 454 g/mol. The van der Waals surface area contributed by atoms with Crippen LogP contribution >= 0.6 is 11.6 Å². The van der Waals surface area contributed by atoms with Gasteiger partial charge in [-0.3, -0.25) is 4.79 Å². The monoisotopic (exact) mass is 483 g/mol. The summed E-state index contributed by atoms with van der Waals surface area (Å²) in [5.41, 5.74) is 1.78. The Labute approximate surface area is 204 Å². The van der Waals surface area contributed by atoms with E-state index in [1.54, 1.807) is 13.0 Å². The number of likely N-dealkylation sites (N-methyl/N-ethyl adjacent to an activating group) is 1. The summed E-state index contributed by atoms with van der Waals surface area (Å²) in [7, 11) is 3.82. The number of hydrogen-bond donors (Lipinski definition) is 0. The number of aryl methyl sites for hydroxylation is 1. The number of aromatic nitrogens is 4. The molecule has 9 nitrogen and oxygen atoms in total. The van der Waals surface area contributed by atoms with Crippen LogP contribution in [0.5, 0.6) is 0 Å². The van der Waals surface area contributed by atoms with Crippen LogP contribution in [0.4, 0.5) is 5.82 Å². The Bertz CT molecular complexity index is 1170. The lowest BCUT2D eigenvalue weighted by Crippen LogP contribution is -2.37. The SMILES string of the molecule is C=C\C(=C/N=C(\C=C\C)N(C)Cc1nc2c(N3CCOCC3)nc(Cl)nc2n1C)C(=O)/C=C/C. The van der Waals surface area contributed by atoms with Crippen LogP contribution in [0.1, 0.15) is 19.7 Å². The zero-order valence-electron chi connectivity index (χ0n) is 20.0. The third-order valence-corrected chi connectivity index (χ3v) is 5.49. The molecule has 0 N–H and O–H groups in total. The van der Waals surface area contributed by atoms with E-state index in [-0.39, 0.29) is 11.1 Å². The largest absolute Gasteiger partial charge is 0.378 e. The molecule has 0 amide bonds. The van der Waals surface area contributed by atoms with Crippen molar-refractivity contribution in [3.63, 3.8) is 0 Å². The van der Waals surface area contributed by atoms with Gasteiger partial charge in [-0.2, -0.15) is 9.97 Å². The number of halogens is 1. The summed E-state index contributed by atoms with van der Waals surface area (Å²) in [5.74, 6) is 2.01. The number of aliphatic imine (C=N–C) groups is 1. The normalized spacial score (nSPS) is 15.6. The second kappa shape index (κ2) is 11.7. The van der Waals surface area contributed by atoms with E-state index in [0.29, 0.717) is 48.1 Å². The second-order valence-electron chi connectivity index (χ2n) is 7.67. The van der Waals surface area contributed by atoms with Crippen molar-refractivity contribution < 1.29 is 9.53 Å². The van der Waals surface area contributed by atoms with Crippen molar-refractivity contribution in [2.75, 3.05) is 38.3 Å². The number of ketones is 1. The summed E-state index contributed by atoms with van der Waals surface area (Å²) < 4.78 is 7.38. The first-order valence-electron chi connectivity index (χ1n) is 11.0. The predicted octanol–water partition coefficient (Wildman–Crippen LogP) is 3.47. The van der Waals surface area contributed by atoms with Gasteiger partial charge >= 0.3 is 0 Å². The van der Waals surface area contributed by atoms with E-state index in [1.807, 2.05) is 42.6 Å². The predicted molar refractivity (Wildman–Crippen MR) is 136 cm³/mol. The molecule has 0 aromatic carbocycles. The fourth-order valence-corrected chi connectivity index (χ4v) is 3.67. The number of rotatable bonds is 8. The van der Waals surface area contributed by atoms with Crippen LogP contribution in [0.2, 0.25) is 5.28 Å². The number of imidazole rings is 1. The lowest BCUT2D eigenvalue weighted by atomic mass is 10.2. The van der Waals surface area contributed by atoms with Gasteiger partial charge in [0.25, 0.3) is 0 Å². The number of nitrogens with zero attached hydrogens (tertiary/aromatic N) is 7. The van der Waals surface area contributed by atoms with Gasteiger partial charge in [0.1, 0.15) is 11.7 Å². The smallest absolute Gasteiger partial charge is 0.226 e. The highest BCUT2D eigenvalue weighted by atomic mass is 35.5. The fraction of sp³-hybridized carbons (Fsp3) is 0.375. The number of hydrogen-bond acceptors (Lipinski definition) is 7. The lowest BCUT2D eigenvalue weighted by molar-refractivity contribution is -0.111. The molecule has 1 fully saturated rings. The molecule has 0 spiro atoms. The molecule has 2 aromatic rings. The number of morpholine rings is 1. The number of amidine groups is 1. The number of anilines is 1. The van der Waals surface area contributed by atoms with Gasteiger partial charge in [0.15, 0.2) is 22.8 Å². The Kier molecular flexibility index (Phi) is 8.72. The summed E-state index contributed by atoms with van der Waals surface area (Å²) >= 11 is 6.25. The molecule has 0 unspecified atom stereocenters. The third kappa shape index (κ3) is 5.78. The number of carbonyl (C=O) groups is 1. The molecule has 1 aliphatic heterocycles. The summed E-state index contributed by atoms with van der Waals surface area (Å²) in [6.45, 7) is 10.6. The van der Waals surface area contributed by atoms with Gasteiger partial charge in [0.05, 0.1) is 19.8 Å². The van der Waals surface area contributed by atoms with Crippen LogP contribution in [0, 0.1) is 0 Å². The van der Waals surface area contributed by atoms with Gasteiger partial charge in [-0.05, 0) is 37.6 Å². The van der Waals surface area contributed by atoms with Gasteiger partial charge in [-0.1, -0.05) is 24.8 Å². The van der Waals surface area contributed by atoms with E-state index in [4.69, 9.17) is 21.3 Å². The van der Waals surface area contributed by atoms with Gasteiger partial charge in [-0.25, -0.2) is 9.98 Å². The van der Waals surface area contributed by atoms with Crippen LogP contribution in [0.25, 0.3) is 11.2 Å². The lowest BCUT2D eigenvalue weighted by Gasteiger charge is -2.27. The molecule has 2 aromatic heterocycles. The quantitative estimate of drug-likeness (QED) is 0.187. The van der Waals surface area contributed by atoms with Crippen LogP contribution in [-0.4, -0.2) is 69.4 Å². The first kappa shape index (κ1) is 25.3. The van der Waals surface area contributed by atoms with Crippen molar-refractivity contribution in [2.45, 2.75) is 20.4 Å². The fourth-order valence-electron chi connectivity index (χ4n) is 3.51. The highest BCUT2D eigenvalue weighted by Gasteiger charge is 2.22. The average Bonchev–Trinajstić information content (AvgIpc) is 3.14. The molecule has 180 valence electrons. The zero-order valence-corrected chi connectivity index (χ0v) is 20.8. The van der Waals surface area contributed by atoms with Crippen molar-refractivity contribution in [3.05, 3.63) is 59.8 Å². The molecule has 10 heteroatoms. The average molecular weight is 484 g/mol. The van der Waals surface area contributed by atoms with Crippen molar-refractivity contribution in [3.8, 4) is 0 Å². The first-order valence-corrected chi connectivity index (χ1v) is 11.4. The molecule has 3 heterocycles. The Hall–Kier alpha value is -3.30. The number of fused-ring (bicyclic) bond motifs is 1. The molecule has 0 radical (unpaired) electrons.